The van der Waals surface area contributed by atoms with Crippen molar-refractivity contribution in [3.8, 4) is 0 Å². The van der Waals surface area contributed by atoms with E-state index in [-0.39, 0.29) is 0 Å². The standard InChI is InChI=1S/C14H21N3OS/c1-11-4-5-12-13(10-11)17-14(16-12)19-9-7-15-6-3-8-18-2/h4-5,10,15H,3,6-9H2,1-2H3,(H,16,17). The number of hydrogen-bond acceptors (Lipinski definition) is 4. The number of hydrogen-bond donors (Lipinski definition) is 2. The Hall–Kier alpha value is -1.04. The number of fused-ring (bicyclic) bond motifs is 1. The zero-order valence-electron chi connectivity index (χ0n) is 11.5. The molecule has 0 fully saturated rings. The third-order valence-electron chi connectivity index (χ3n) is 2.84. The van der Waals surface area contributed by atoms with Crippen LogP contribution in [0.3, 0.4) is 0 Å². The van der Waals surface area contributed by atoms with E-state index in [0.29, 0.717) is 0 Å². The third-order valence-corrected chi connectivity index (χ3v) is 3.71. The van der Waals surface area contributed by atoms with Crippen molar-refractivity contribution in [1.29, 1.82) is 0 Å². The molecule has 0 saturated carbocycles. The predicted octanol–water partition coefficient (Wildman–Crippen LogP) is 2.59. The van der Waals surface area contributed by atoms with Crippen molar-refractivity contribution in [2.24, 2.45) is 0 Å². The van der Waals surface area contributed by atoms with Gasteiger partial charge < -0.3 is 15.0 Å². The number of H-pyrrole nitrogens is 1. The summed E-state index contributed by atoms with van der Waals surface area (Å²) in [4.78, 5) is 7.91. The summed E-state index contributed by atoms with van der Waals surface area (Å²) in [6, 6.07) is 6.29. The van der Waals surface area contributed by atoms with Crippen molar-refractivity contribution >= 4 is 22.8 Å². The van der Waals surface area contributed by atoms with E-state index in [1.54, 1.807) is 18.9 Å². The smallest absolute Gasteiger partial charge is 0.166 e. The molecule has 5 heteroatoms. The number of nitrogens with one attached hydrogen (secondary N) is 2. The minimum atomic E-state index is 0.822. The second-order valence-electron chi connectivity index (χ2n) is 4.51. The Morgan fingerprint density at radius 3 is 3.11 bits per heavy atom. The van der Waals surface area contributed by atoms with Gasteiger partial charge in [0.05, 0.1) is 11.0 Å². The number of methoxy groups -OCH3 is 1. The SMILES string of the molecule is COCCCNCCSc1nc2ccc(C)cc2[nH]1. The Bertz CT molecular complexity index is 512. The van der Waals surface area contributed by atoms with Gasteiger partial charge in [0, 0.05) is 26.0 Å². The van der Waals surface area contributed by atoms with Crippen LogP contribution in [0.2, 0.25) is 0 Å². The average molecular weight is 279 g/mol. The summed E-state index contributed by atoms with van der Waals surface area (Å²) in [7, 11) is 1.74. The Morgan fingerprint density at radius 1 is 1.37 bits per heavy atom. The molecule has 0 atom stereocenters. The van der Waals surface area contributed by atoms with Gasteiger partial charge in [-0.15, -0.1) is 0 Å². The van der Waals surface area contributed by atoms with Gasteiger partial charge in [-0.25, -0.2) is 4.98 Å². The lowest BCUT2D eigenvalue weighted by Gasteiger charge is -2.02. The molecule has 2 rings (SSSR count). The van der Waals surface area contributed by atoms with Crippen LogP contribution in [-0.2, 0) is 4.74 Å². The molecule has 104 valence electrons. The van der Waals surface area contributed by atoms with E-state index in [9.17, 15) is 0 Å². The van der Waals surface area contributed by atoms with Gasteiger partial charge in [0.2, 0.25) is 0 Å². The summed E-state index contributed by atoms with van der Waals surface area (Å²) in [5, 5.41) is 4.39. The molecule has 0 aliphatic rings. The maximum atomic E-state index is 5.00. The molecule has 4 nitrogen and oxygen atoms in total. The lowest BCUT2D eigenvalue weighted by Crippen LogP contribution is -2.19. The number of ether oxygens (including phenoxy) is 1. The molecule has 0 amide bonds. The zero-order valence-corrected chi connectivity index (χ0v) is 12.3. The van der Waals surface area contributed by atoms with Gasteiger partial charge in [-0.1, -0.05) is 17.8 Å². The summed E-state index contributed by atoms with van der Waals surface area (Å²) in [5.74, 6) is 1.02. The molecule has 0 saturated heterocycles. The predicted molar refractivity (Wildman–Crippen MR) is 80.9 cm³/mol. The monoisotopic (exact) mass is 279 g/mol. The van der Waals surface area contributed by atoms with Crippen LogP contribution in [-0.4, -0.2) is 42.5 Å². The van der Waals surface area contributed by atoms with Crippen molar-refractivity contribution < 1.29 is 4.74 Å². The van der Waals surface area contributed by atoms with Gasteiger partial charge in [-0.3, -0.25) is 0 Å². The Morgan fingerprint density at radius 2 is 2.26 bits per heavy atom. The van der Waals surface area contributed by atoms with E-state index in [1.165, 1.54) is 5.56 Å². The Balaban J connectivity index is 1.72. The fourth-order valence-electron chi connectivity index (χ4n) is 1.85. The number of aromatic nitrogens is 2. The van der Waals surface area contributed by atoms with Gasteiger partial charge in [0.25, 0.3) is 0 Å². The summed E-state index contributed by atoms with van der Waals surface area (Å²) in [6.45, 7) is 4.91. The number of imidazole rings is 1. The van der Waals surface area contributed by atoms with Crippen molar-refractivity contribution in [1.82, 2.24) is 15.3 Å². The maximum Gasteiger partial charge on any atom is 0.166 e. The molecule has 1 aromatic heterocycles. The van der Waals surface area contributed by atoms with Crippen LogP contribution >= 0.6 is 11.8 Å². The van der Waals surface area contributed by atoms with Gasteiger partial charge in [-0.05, 0) is 37.6 Å². The average Bonchev–Trinajstić information content (AvgIpc) is 2.79. The fourth-order valence-corrected chi connectivity index (χ4v) is 2.64. The second-order valence-corrected chi connectivity index (χ2v) is 5.59. The van der Waals surface area contributed by atoms with E-state index in [0.717, 1.165) is 48.1 Å². The second kappa shape index (κ2) is 7.53. The molecule has 0 bridgehead atoms. The molecule has 0 spiro atoms. The van der Waals surface area contributed by atoms with Gasteiger partial charge in [0.15, 0.2) is 5.16 Å². The first-order valence-electron chi connectivity index (χ1n) is 6.58. The van der Waals surface area contributed by atoms with Gasteiger partial charge in [0.1, 0.15) is 0 Å². The van der Waals surface area contributed by atoms with Crippen molar-refractivity contribution in [2.75, 3.05) is 32.6 Å². The summed E-state index contributed by atoms with van der Waals surface area (Å²) >= 11 is 1.76. The van der Waals surface area contributed by atoms with Crippen LogP contribution in [0, 0.1) is 6.92 Å². The highest BCUT2D eigenvalue weighted by atomic mass is 32.2. The number of nitrogens with zero attached hydrogens (tertiary/aromatic N) is 1. The van der Waals surface area contributed by atoms with Gasteiger partial charge in [-0.2, -0.15) is 0 Å². The number of thioether (sulfide) groups is 1. The molecule has 2 aromatic rings. The normalized spacial score (nSPS) is 11.3. The first kappa shape index (κ1) is 14.4. The Labute approximate surface area is 118 Å². The lowest BCUT2D eigenvalue weighted by molar-refractivity contribution is 0.194. The summed E-state index contributed by atoms with van der Waals surface area (Å²) in [5.41, 5.74) is 3.42. The molecule has 19 heavy (non-hydrogen) atoms. The molecule has 0 unspecified atom stereocenters. The minimum Gasteiger partial charge on any atom is -0.385 e. The topological polar surface area (TPSA) is 49.9 Å². The lowest BCUT2D eigenvalue weighted by atomic mass is 10.2. The highest BCUT2D eigenvalue weighted by molar-refractivity contribution is 7.99. The number of aromatic amines is 1. The maximum absolute atomic E-state index is 5.00. The number of aryl methyl sites for hydroxylation is 1. The number of benzene rings is 1. The van der Waals surface area contributed by atoms with Crippen LogP contribution in [0.5, 0.6) is 0 Å². The molecular weight excluding hydrogens is 258 g/mol. The summed E-state index contributed by atoms with van der Waals surface area (Å²) in [6.07, 6.45) is 1.06. The van der Waals surface area contributed by atoms with Crippen LogP contribution < -0.4 is 5.32 Å². The molecule has 1 aromatic carbocycles. The van der Waals surface area contributed by atoms with Crippen molar-refractivity contribution in [3.63, 3.8) is 0 Å². The number of rotatable bonds is 8. The van der Waals surface area contributed by atoms with E-state index in [1.807, 2.05) is 0 Å². The van der Waals surface area contributed by atoms with Crippen molar-refractivity contribution in [2.45, 2.75) is 18.5 Å². The summed E-state index contributed by atoms with van der Waals surface area (Å²) < 4.78 is 5.00. The molecule has 0 radical (unpaired) electrons. The van der Waals surface area contributed by atoms with E-state index >= 15 is 0 Å². The van der Waals surface area contributed by atoms with Crippen molar-refractivity contribution in [3.05, 3.63) is 23.8 Å². The first-order chi connectivity index (χ1) is 9.29. The van der Waals surface area contributed by atoms with E-state index < -0.39 is 0 Å². The van der Waals surface area contributed by atoms with Gasteiger partial charge >= 0.3 is 0 Å². The quantitative estimate of drug-likeness (QED) is 0.576. The zero-order chi connectivity index (χ0) is 13.5. The minimum absolute atomic E-state index is 0.822. The fraction of sp³-hybridized carbons (Fsp3) is 0.500. The first-order valence-corrected chi connectivity index (χ1v) is 7.57. The molecule has 2 N–H and O–H groups in total. The Kier molecular flexibility index (Phi) is 5.69. The van der Waals surface area contributed by atoms with E-state index in [2.05, 4.69) is 40.4 Å². The van der Waals surface area contributed by atoms with Crippen LogP contribution in [0.4, 0.5) is 0 Å². The third kappa shape index (κ3) is 4.53. The highest BCUT2D eigenvalue weighted by Crippen LogP contribution is 2.19. The molecule has 0 aliphatic heterocycles. The van der Waals surface area contributed by atoms with E-state index in [4.69, 9.17) is 4.74 Å². The highest BCUT2D eigenvalue weighted by Gasteiger charge is 2.02. The van der Waals surface area contributed by atoms with Crippen LogP contribution in [0.25, 0.3) is 11.0 Å². The van der Waals surface area contributed by atoms with Crippen LogP contribution in [0.15, 0.2) is 23.4 Å². The van der Waals surface area contributed by atoms with Crippen LogP contribution in [0.1, 0.15) is 12.0 Å². The molecule has 1 heterocycles. The molecule has 0 aliphatic carbocycles. The largest absolute Gasteiger partial charge is 0.385 e. The molecular formula is C14H21N3OS.